The van der Waals surface area contributed by atoms with Gasteiger partial charge in [-0.3, -0.25) is 9.59 Å². The molecule has 1 fully saturated rings. The topological polar surface area (TPSA) is 83.6 Å². The number of thiazole rings is 1. The highest BCUT2D eigenvalue weighted by molar-refractivity contribution is 7.09. The summed E-state index contributed by atoms with van der Waals surface area (Å²) in [6.07, 6.45) is 2.74. The molecule has 1 saturated heterocycles. The molecule has 0 aromatic carbocycles. The van der Waals surface area contributed by atoms with Gasteiger partial charge in [0.05, 0.1) is 16.5 Å². The van der Waals surface area contributed by atoms with Crippen molar-refractivity contribution in [2.75, 3.05) is 13.1 Å². The van der Waals surface area contributed by atoms with E-state index in [0.29, 0.717) is 36.4 Å². The lowest BCUT2D eigenvalue weighted by atomic mass is 9.98. The maximum atomic E-state index is 12.5. The number of piperidine rings is 1. The van der Waals surface area contributed by atoms with Crippen LogP contribution < -0.4 is 0 Å². The third-order valence-electron chi connectivity index (χ3n) is 3.78. The minimum atomic E-state index is -0.844. The summed E-state index contributed by atoms with van der Waals surface area (Å²) in [7, 11) is 0. The van der Waals surface area contributed by atoms with Gasteiger partial charge in [0.2, 0.25) is 0 Å². The fourth-order valence-electron chi connectivity index (χ4n) is 2.61. The van der Waals surface area contributed by atoms with E-state index in [4.69, 9.17) is 9.52 Å². The van der Waals surface area contributed by atoms with Gasteiger partial charge in [-0.25, -0.2) is 4.98 Å². The van der Waals surface area contributed by atoms with Crippen LogP contribution in [-0.4, -0.2) is 40.0 Å². The lowest BCUT2D eigenvalue weighted by molar-refractivity contribution is -0.143. The van der Waals surface area contributed by atoms with Gasteiger partial charge in [0.25, 0.3) is 5.91 Å². The fraction of sp³-hybridized carbons (Fsp3) is 0.400. The summed E-state index contributed by atoms with van der Waals surface area (Å²) in [5.41, 5.74) is 1.15. The standard InChI is InChI=1S/C15H16N2O4S/c1-9-16-12(8-22-9)13-5-11(7-21-13)14(18)17-4-2-3-10(6-17)15(19)20/h5,7-8,10H,2-4,6H2,1H3,(H,19,20). The number of nitrogens with zero attached hydrogens (tertiary/aromatic N) is 2. The molecule has 3 rings (SSSR count). The van der Waals surface area contributed by atoms with Crippen LogP contribution in [0.25, 0.3) is 11.5 Å². The van der Waals surface area contributed by atoms with E-state index in [1.54, 1.807) is 11.0 Å². The number of aromatic nitrogens is 1. The number of carbonyl (C=O) groups excluding carboxylic acids is 1. The third-order valence-corrected chi connectivity index (χ3v) is 4.55. The first-order valence-corrected chi connectivity index (χ1v) is 7.95. The molecule has 0 bridgehead atoms. The van der Waals surface area contributed by atoms with E-state index in [-0.39, 0.29) is 12.5 Å². The van der Waals surface area contributed by atoms with Crippen LogP contribution in [-0.2, 0) is 4.79 Å². The molecule has 6 nitrogen and oxygen atoms in total. The van der Waals surface area contributed by atoms with E-state index in [9.17, 15) is 9.59 Å². The van der Waals surface area contributed by atoms with Crippen LogP contribution in [0.2, 0.25) is 0 Å². The Morgan fingerprint density at radius 3 is 3.00 bits per heavy atom. The molecule has 1 N–H and O–H groups in total. The van der Waals surface area contributed by atoms with Gasteiger partial charge in [0, 0.05) is 18.5 Å². The number of carboxylic acid groups (broad SMARTS) is 1. The van der Waals surface area contributed by atoms with Crippen LogP contribution in [0.4, 0.5) is 0 Å². The Morgan fingerprint density at radius 2 is 2.32 bits per heavy atom. The number of carbonyl (C=O) groups is 2. The Labute approximate surface area is 131 Å². The smallest absolute Gasteiger partial charge is 0.308 e. The lowest BCUT2D eigenvalue weighted by Crippen LogP contribution is -2.42. The highest BCUT2D eigenvalue weighted by Gasteiger charge is 2.29. The van der Waals surface area contributed by atoms with Crippen molar-refractivity contribution in [1.29, 1.82) is 0 Å². The molecular weight excluding hydrogens is 304 g/mol. The van der Waals surface area contributed by atoms with E-state index >= 15 is 0 Å². The molecule has 0 aliphatic carbocycles. The summed E-state index contributed by atoms with van der Waals surface area (Å²) >= 11 is 1.52. The maximum absolute atomic E-state index is 12.5. The van der Waals surface area contributed by atoms with Crippen molar-refractivity contribution in [2.24, 2.45) is 5.92 Å². The number of aryl methyl sites for hydroxylation is 1. The molecule has 2 aromatic heterocycles. The van der Waals surface area contributed by atoms with Crippen LogP contribution in [0.3, 0.4) is 0 Å². The van der Waals surface area contributed by atoms with Crippen molar-refractivity contribution in [1.82, 2.24) is 9.88 Å². The molecule has 1 aliphatic rings. The van der Waals surface area contributed by atoms with E-state index < -0.39 is 11.9 Å². The minimum absolute atomic E-state index is 0.187. The Balaban J connectivity index is 1.75. The van der Waals surface area contributed by atoms with Crippen molar-refractivity contribution in [3.05, 3.63) is 28.3 Å². The first kappa shape index (κ1) is 14.8. The van der Waals surface area contributed by atoms with Crippen molar-refractivity contribution in [2.45, 2.75) is 19.8 Å². The van der Waals surface area contributed by atoms with Crippen molar-refractivity contribution in [3.8, 4) is 11.5 Å². The maximum Gasteiger partial charge on any atom is 0.308 e. The fourth-order valence-corrected chi connectivity index (χ4v) is 3.21. The summed E-state index contributed by atoms with van der Waals surface area (Å²) in [5, 5.41) is 11.9. The number of carboxylic acids is 1. The molecule has 2 aromatic rings. The average molecular weight is 320 g/mol. The lowest BCUT2D eigenvalue weighted by Gasteiger charge is -2.30. The molecule has 116 valence electrons. The van der Waals surface area contributed by atoms with Gasteiger partial charge < -0.3 is 14.4 Å². The molecule has 1 amide bonds. The second-order valence-electron chi connectivity index (χ2n) is 5.38. The predicted octanol–water partition coefficient (Wildman–Crippen LogP) is 2.65. The summed E-state index contributed by atoms with van der Waals surface area (Å²) in [6.45, 7) is 2.74. The Kier molecular flexibility index (Phi) is 3.98. The first-order valence-electron chi connectivity index (χ1n) is 7.07. The minimum Gasteiger partial charge on any atom is -0.481 e. The Morgan fingerprint density at radius 1 is 1.50 bits per heavy atom. The normalized spacial score (nSPS) is 18.4. The zero-order valence-electron chi connectivity index (χ0n) is 12.1. The van der Waals surface area contributed by atoms with Gasteiger partial charge in [-0.15, -0.1) is 11.3 Å². The van der Waals surface area contributed by atoms with Crippen LogP contribution in [0.15, 0.2) is 22.1 Å². The predicted molar refractivity (Wildman–Crippen MR) is 80.8 cm³/mol. The molecule has 0 radical (unpaired) electrons. The zero-order valence-corrected chi connectivity index (χ0v) is 12.9. The highest BCUT2D eigenvalue weighted by atomic mass is 32.1. The Bertz CT molecular complexity index is 706. The molecular formula is C15H16N2O4S. The number of furan rings is 1. The molecule has 22 heavy (non-hydrogen) atoms. The summed E-state index contributed by atoms with van der Waals surface area (Å²) in [6, 6.07) is 1.67. The Hall–Kier alpha value is -2.15. The number of likely N-dealkylation sites (tertiary alicyclic amines) is 1. The van der Waals surface area contributed by atoms with Gasteiger partial charge in [-0.05, 0) is 25.8 Å². The van der Waals surface area contributed by atoms with Gasteiger partial charge in [-0.2, -0.15) is 0 Å². The van der Waals surface area contributed by atoms with Crippen molar-refractivity contribution >= 4 is 23.2 Å². The summed E-state index contributed by atoms with van der Waals surface area (Å²) in [5.74, 6) is -0.957. The van der Waals surface area contributed by atoms with Crippen LogP contribution in [0, 0.1) is 12.8 Å². The van der Waals surface area contributed by atoms with E-state index in [1.165, 1.54) is 17.6 Å². The monoisotopic (exact) mass is 320 g/mol. The zero-order chi connectivity index (χ0) is 15.7. The van der Waals surface area contributed by atoms with Crippen molar-refractivity contribution < 1.29 is 19.1 Å². The van der Waals surface area contributed by atoms with E-state index in [2.05, 4.69) is 4.98 Å². The van der Waals surface area contributed by atoms with Gasteiger partial charge >= 0.3 is 5.97 Å². The number of hydrogen-bond acceptors (Lipinski definition) is 5. The molecule has 0 spiro atoms. The van der Waals surface area contributed by atoms with Gasteiger partial charge in [-0.1, -0.05) is 0 Å². The van der Waals surface area contributed by atoms with E-state index in [0.717, 1.165) is 5.01 Å². The number of aliphatic carboxylic acids is 1. The third kappa shape index (κ3) is 2.89. The average Bonchev–Trinajstić information content (AvgIpc) is 3.15. The first-order chi connectivity index (χ1) is 10.5. The molecule has 7 heteroatoms. The van der Waals surface area contributed by atoms with Crippen LogP contribution in [0.5, 0.6) is 0 Å². The molecule has 0 saturated carbocycles. The van der Waals surface area contributed by atoms with Gasteiger partial charge in [0.1, 0.15) is 12.0 Å². The molecule has 1 unspecified atom stereocenters. The van der Waals surface area contributed by atoms with Gasteiger partial charge in [0.15, 0.2) is 5.76 Å². The highest BCUT2D eigenvalue weighted by Crippen LogP contribution is 2.25. The summed E-state index contributed by atoms with van der Waals surface area (Å²) in [4.78, 5) is 29.5. The summed E-state index contributed by atoms with van der Waals surface area (Å²) < 4.78 is 5.43. The van der Waals surface area contributed by atoms with Crippen molar-refractivity contribution in [3.63, 3.8) is 0 Å². The van der Waals surface area contributed by atoms with E-state index in [1.807, 2.05) is 12.3 Å². The number of hydrogen-bond donors (Lipinski definition) is 1. The number of amides is 1. The van der Waals surface area contributed by atoms with Crippen LogP contribution >= 0.6 is 11.3 Å². The molecule has 1 atom stereocenters. The largest absolute Gasteiger partial charge is 0.481 e. The SMILES string of the molecule is Cc1nc(-c2cc(C(=O)N3CCCC(C(=O)O)C3)co2)cs1. The van der Waals surface area contributed by atoms with Crippen LogP contribution in [0.1, 0.15) is 28.2 Å². The second kappa shape index (κ2) is 5.92. The second-order valence-corrected chi connectivity index (χ2v) is 6.44. The molecule has 1 aliphatic heterocycles. The number of rotatable bonds is 3. The molecule has 3 heterocycles. The quantitative estimate of drug-likeness (QED) is 0.940.